The maximum Gasteiger partial charge on any atom is 0.146 e. The average Bonchev–Trinajstić information content (AvgIpc) is 2.03. The van der Waals surface area contributed by atoms with Crippen LogP contribution >= 0.6 is 0 Å². The molecule has 0 aliphatic carbocycles. The highest BCUT2D eigenvalue weighted by Crippen LogP contribution is 2.10. The maximum absolute atomic E-state index is 2.60. The highest BCUT2D eigenvalue weighted by Gasteiger charge is 2.23. The molecular weight excluding hydrogens is 162 g/mol. The Morgan fingerprint density at radius 1 is 1.08 bits per heavy atom. The minimum Gasteiger partial charge on any atom is -0.321 e. The van der Waals surface area contributed by atoms with Gasteiger partial charge < -0.3 is 4.57 Å². The van der Waals surface area contributed by atoms with Gasteiger partial charge in [0.05, 0.1) is 0 Å². The lowest BCUT2D eigenvalue weighted by Gasteiger charge is -2.32. The molecule has 0 aliphatic rings. The maximum atomic E-state index is 2.60. The Morgan fingerprint density at radius 3 is 1.92 bits per heavy atom. The molecule has 0 unspecified atom stereocenters. The van der Waals surface area contributed by atoms with Gasteiger partial charge in [0, 0.05) is 0 Å². The van der Waals surface area contributed by atoms with Crippen LogP contribution in [0.3, 0.4) is 0 Å². The van der Waals surface area contributed by atoms with Crippen molar-refractivity contribution in [1.82, 2.24) is 4.57 Å². The van der Waals surface area contributed by atoms with Gasteiger partial charge in [-0.25, -0.2) is 0 Å². The van der Waals surface area contributed by atoms with Crippen molar-refractivity contribution in [2.45, 2.75) is 40.3 Å². The van der Waals surface area contributed by atoms with Gasteiger partial charge in [0.25, 0.3) is 0 Å². The van der Waals surface area contributed by atoms with Crippen LogP contribution in [0.5, 0.6) is 0 Å². The molecule has 0 aliphatic heterocycles. The summed E-state index contributed by atoms with van der Waals surface area (Å²) in [5, 5.41) is 0. The van der Waals surface area contributed by atoms with Crippen LogP contribution in [0.1, 0.15) is 27.2 Å². The third-order valence-electron chi connectivity index (χ3n) is 2.34. The quantitative estimate of drug-likeness (QED) is 0.595. The molecule has 0 saturated heterocycles. The fourth-order valence-corrected chi connectivity index (χ4v) is 4.20. The van der Waals surface area contributed by atoms with Crippen LogP contribution in [0, 0.1) is 0 Å². The van der Waals surface area contributed by atoms with Crippen molar-refractivity contribution >= 4 is 8.24 Å². The first-order chi connectivity index (χ1) is 5.58. The fourth-order valence-electron chi connectivity index (χ4n) is 1.55. The number of hydrogen-bond donors (Lipinski definition) is 0. The summed E-state index contributed by atoms with van der Waals surface area (Å²) in [7, 11) is -1.20. The van der Waals surface area contributed by atoms with E-state index in [1.165, 1.54) is 13.1 Å². The molecule has 0 atom stereocenters. The molecule has 0 heterocycles. The van der Waals surface area contributed by atoms with Gasteiger partial charge in [-0.2, -0.15) is 0 Å². The van der Waals surface area contributed by atoms with E-state index >= 15 is 0 Å². The second-order valence-electron chi connectivity index (χ2n) is 3.64. The van der Waals surface area contributed by atoms with Crippen molar-refractivity contribution in [1.29, 1.82) is 0 Å². The minimum atomic E-state index is -1.20. The lowest BCUT2D eigenvalue weighted by molar-refractivity contribution is 0.473. The molecule has 0 spiro atoms. The van der Waals surface area contributed by atoms with E-state index in [0.717, 1.165) is 6.42 Å². The van der Waals surface area contributed by atoms with Crippen LogP contribution in [0.15, 0.2) is 11.8 Å². The third kappa shape index (κ3) is 3.54. The monoisotopic (exact) mass is 185 g/mol. The highest BCUT2D eigenvalue weighted by molar-refractivity contribution is 6.79. The number of hydrogen-bond acceptors (Lipinski definition) is 1. The van der Waals surface area contributed by atoms with Crippen LogP contribution in [0.4, 0.5) is 0 Å². The molecule has 0 aromatic rings. The average molecular weight is 185 g/mol. The SMILES string of the molecule is CCC=C[Si](C)(C)N(CC)CC. The summed E-state index contributed by atoms with van der Waals surface area (Å²) in [4.78, 5) is 0. The summed E-state index contributed by atoms with van der Waals surface area (Å²) in [5.74, 6) is 0. The molecule has 2 heteroatoms. The zero-order valence-corrected chi connectivity index (χ0v) is 10.2. The molecule has 0 amide bonds. The number of nitrogens with zero attached hydrogens (tertiary/aromatic N) is 1. The van der Waals surface area contributed by atoms with E-state index in [0.29, 0.717) is 0 Å². The van der Waals surface area contributed by atoms with E-state index in [1.807, 2.05) is 0 Å². The molecule has 0 rings (SSSR count). The van der Waals surface area contributed by atoms with Crippen molar-refractivity contribution < 1.29 is 0 Å². The first kappa shape index (κ1) is 11.9. The van der Waals surface area contributed by atoms with Gasteiger partial charge in [-0.15, -0.1) is 0 Å². The van der Waals surface area contributed by atoms with Gasteiger partial charge in [-0.05, 0) is 19.5 Å². The van der Waals surface area contributed by atoms with Gasteiger partial charge in [0.1, 0.15) is 8.24 Å². The van der Waals surface area contributed by atoms with Crippen LogP contribution in [0.25, 0.3) is 0 Å². The Morgan fingerprint density at radius 2 is 1.58 bits per heavy atom. The predicted molar refractivity (Wildman–Crippen MR) is 59.8 cm³/mol. The summed E-state index contributed by atoms with van der Waals surface area (Å²) in [5.41, 5.74) is 2.44. The molecule has 0 bridgehead atoms. The van der Waals surface area contributed by atoms with Gasteiger partial charge in [-0.3, -0.25) is 0 Å². The standard InChI is InChI=1S/C10H23NSi/c1-6-9-10-12(4,5)11(7-2)8-3/h9-10H,6-8H2,1-5H3. The molecule has 0 saturated carbocycles. The van der Waals surface area contributed by atoms with Crippen LogP contribution in [-0.4, -0.2) is 25.9 Å². The van der Waals surface area contributed by atoms with Gasteiger partial charge in [-0.1, -0.05) is 45.6 Å². The predicted octanol–water partition coefficient (Wildman–Crippen LogP) is 3.04. The molecule has 0 fully saturated rings. The number of rotatable bonds is 5. The summed E-state index contributed by atoms with van der Waals surface area (Å²) in [6, 6.07) is 0. The van der Waals surface area contributed by atoms with Crippen molar-refractivity contribution in [2.24, 2.45) is 0 Å². The van der Waals surface area contributed by atoms with E-state index in [2.05, 4.69) is 50.2 Å². The van der Waals surface area contributed by atoms with Crippen molar-refractivity contribution in [3.05, 3.63) is 11.8 Å². The Hall–Kier alpha value is -0.0831. The normalized spacial score (nSPS) is 13.2. The Bertz CT molecular complexity index is 137. The van der Waals surface area contributed by atoms with Crippen LogP contribution in [-0.2, 0) is 0 Å². The first-order valence-electron chi connectivity index (χ1n) is 5.01. The molecule has 0 aromatic carbocycles. The molecule has 12 heavy (non-hydrogen) atoms. The third-order valence-corrected chi connectivity index (χ3v) is 5.65. The summed E-state index contributed by atoms with van der Waals surface area (Å²) in [6.45, 7) is 13.9. The molecular formula is C10H23NSi. The first-order valence-corrected chi connectivity index (χ1v) is 8.03. The largest absolute Gasteiger partial charge is 0.321 e. The van der Waals surface area contributed by atoms with Crippen molar-refractivity contribution in [3.63, 3.8) is 0 Å². The van der Waals surface area contributed by atoms with E-state index < -0.39 is 8.24 Å². The Labute approximate surface area is 78.6 Å². The lowest BCUT2D eigenvalue weighted by atomic mass is 10.5. The Kier molecular flexibility index (Phi) is 5.50. The van der Waals surface area contributed by atoms with Crippen molar-refractivity contribution in [3.8, 4) is 0 Å². The zero-order valence-electron chi connectivity index (χ0n) is 9.22. The number of allylic oxidation sites excluding steroid dienone is 1. The highest BCUT2D eigenvalue weighted by atomic mass is 28.3. The van der Waals surface area contributed by atoms with E-state index in [-0.39, 0.29) is 0 Å². The summed E-state index contributed by atoms with van der Waals surface area (Å²) in [6.07, 6.45) is 3.47. The van der Waals surface area contributed by atoms with E-state index in [1.54, 1.807) is 0 Å². The van der Waals surface area contributed by atoms with Crippen molar-refractivity contribution in [2.75, 3.05) is 13.1 Å². The van der Waals surface area contributed by atoms with E-state index in [4.69, 9.17) is 0 Å². The Balaban J connectivity index is 4.24. The molecule has 0 radical (unpaired) electrons. The molecule has 0 aromatic heterocycles. The molecule has 1 nitrogen and oxygen atoms in total. The smallest absolute Gasteiger partial charge is 0.146 e. The topological polar surface area (TPSA) is 3.24 Å². The van der Waals surface area contributed by atoms with E-state index in [9.17, 15) is 0 Å². The van der Waals surface area contributed by atoms with Gasteiger partial charge >= 0.3 is 0 Å². The minimum absolute atomic E-state index is 1.16. The summed E-state index contributed by atoms with van der Waals surface area (Å²) < 4.78 is 2.60. The second kappa shape index (κ2) is 5.54. The zero-order chi connectivity index (χ0) is 9.61. The van der Waals surface area contributed by atoms with Gasteiger partial charge in [0.15, 0.2) is 0 Å². The van der Waals surface area contributed by atoms with Gasteiger partial charge in [0.2, 0.25) is 0 Å². The molecule has 0 N–H and O–H groups in total. The molecule has 72 valence electrons. The lowest BCUT2D eigenvalue weighted by Crippen LogP contribution is -2.47. The van der Waals surface area contributed by atoms with Crippen LogP contribution < -0.4 is 0 Å². The fraction of sp³-hybridized carbons (Fsp3) is 0.800. The van der Waals surface area contributed by atoms with Crippen LogP contribution in [0.2, 0.25) is 13.1 Å². The second-order valence-corrected chi connectivity index (χ2v) is 7.91. The summed E-state index contributed by atoms with van der Waals surface area (Å²) >= 11 is 0.